The number of aldehydes is 1. The van der Waals surface area contributed by atoms with Crippen molar-refractivity contribution in [2.75, 3.05) is 46.2 Å². The predicted octanol–water partition coefficient (Wildman–Crippen LogP) is 8.23. The molecular formula is C38H55F2N5O2. The van der Waals surface area contributed by atoms with Gasteiger partial charge in [-0.05, 0) is 107 Å². The minimum Gasteiger partial charge on any atom is -0.501 e. The molecule has 0 saturated carbocycles. The standard InChI is InChI=1S/C38H55F2N5O2/c1-28(27-46)20-34-36(43(3)4)22-31(47-5)23-37(34)45-19-15-16-29-21-32(33(38(39)40)24-35(29)45)30-25-42-44(26-30)18-14-12-10-8-6-7-9-11-13-17-41-2/h20-21,23-27,36,38,41H,6-19,22H2,1-5H3/b28-20-. The van der Waals surface area contributed by atoms with Crippen LogP contribution in [0.3, 0.4) is 0 Å². The Kier molecular flexibility index (Phi) is 14.2. The molecule has 2 aliphatic rings. The molecular weight excluding hydrogens is 596 g/mol. The number of unbranched alkanes of at least 4 members (excludes halogenated alkanes) is 8. The van der Waals surface area contributed by atoms with Gasteiger partial charge in [0.05, 0.1) is 19.1 Å². The van der Waals surface area contributed by atoms with Crippen molar-refractivity contribution in [3.63, 3.8) is 0 Å². The number of hydrogen-bond acceptors (Lipinski definition) is 6. The summed E-state index contributed by atoms with van der Waals surface area (Å²) in [4.78, 5) is 15.9. The van der Waals surface area contributed by atoms with Gasteiger partial charge in [0.1, 0.15) is 6.29 Å². The summed E-state index contributed by atoms with van der Waals surface area (Å²) < 4.78 is 37.1. The van der Waals surface area contributed by atoms with Crippen LogP contribution in [-0.4, -0.2) is 68.4 Å². The fourth-order valence-electron chi connectivity index (χ4n) is 6.82. The molecule has 47 heavy (non-hydrogen) atoms. The quantitative estimate of drug-likeness (QED) is 0.0938. The van der Waals surface area contributed by atoms with Gasteiger partial charge in [0.2, 0.25) is 0 Å². The summed E-state index contributed by atoms with van der Waals surface area (Å²) in [5.74, 6) is 0.820. The van der Waals surface area contributed by atoms with Gasteiger partial charge in [-0.15, -0.1) is 0 Å². The molecule has 4 rings (SSSR count). The van der Waals surface area contributed by atoms with Gasteiger partial charge in [-0.3, -0.25) is 9.48 Å². The third-order valence-corrected chi connectivity index (χ3v) is 9.46. The summed E-state index contributed by atoms with van der Waals surface area (Å²) in [5.41, 5.74) is 5.60. The number of allylic oxidation sites excluding steroid dienone is 2. The number of carbonyl (C=O) groups excluding carboxylic acids is 1. The predicted molar refractivity (Wildman–Crippen MR) is 188 cm³/mol. The molecule has 0 radical (unpaired) electrons. The van der Waals surface area contributed by atoms with E-state index in [9.17, 15) is 13.6 Å². The average Bonchev–Trinajstić information content (AvgIpc) is 3.55. The molecule has 0 spiro atoms. The normalized spacial score (nSPS) is 17.0. The van der Waals surface area contributed by atoms with Crippen molar-refractivity contribution in [2.24, 2.45) is 0 Å². The molecule has 0 bridgehead atoms. The third kappa shape index (κ3) is 9.86. The van der Waals surface area contributed by atoms with Crippen LogP contribution in [0.15, 0.2) is 59.3 Å². The van der Waals surface area contributed by atoms with Crippen LogP contribution in [-0.2, 0) is 22.5 Å². The molecule has 1 atom stereocenters. The highest BCUT2D eigenvalue weighted by Gasteiger charge is 2.31. The fourth-order valence-corrected chi connectivity index (χ4v) is 6.82. The van der Waals surface area contributed by atoms with E-state index in [4.69, 9.17) is 4.74 Å². The Hall–Kier alpha value is -3.30. The lowest BCUT2D eigenvalue weighted by atomic mass is 9.89. The number of nitrogens with zero attached hydrogens (tertiary/aromatic N) is 4. The van der Waals surface area contributed by atoms with Gasteiger partial charge in [-0.25, -0.2) is 8.78 Å². The molecule has 0 fully saturated rings. The topological polar surface area (TPSA) is 62.6 Å². The lowest BCUT2D eigenvalue weighted by Crippen LogP contribution is -2.37. The van der Waals surface area contributed by atoms with Crippen LogP contribution in [0.5, 0.6) is 0 Å². The lowest BCUT2D eigenvalue weighted by Gasteiger charge is -2.39. The Bertz CT molecular complexity index is 1410. The highest BCUT2D eigenvalue weighted by molar-refractivity contribution is 5.77. The number of likely N-dealkylation sites (N-methyl/N-ethyl adjacent to an activating group) is 1. The third-order valence-electron chi connectivity index (χ3n) is 9.46. The van der Waals surface area contributed by atoms with Gasteiger partial charge >= 0.3 is 0 Å². The minimum atomic E-state index is -2.64. The maximum atomic E-state index is 14.7. The maximum Gasteiger partial charge on any atom is 0.264 e. The first kappa shape index (κ1) is 36.5. The first-order valence-corrected chi connectivity index (χ1v) is 17.5. The van der Waals surface area contributed by atoms with E-state index in [2.05, 4.69) is 20.2 Å². The molecule has 1 N–H and O–H groups in total. The number of benzene rings is 1. The van der Waals surface area contributed by atoms with Gasteiger partial charge in [-0.1, -0.05) is 44.9 Å². The lowest BCUT2D eigenvalue weighted by molar-refractivity contribution is -0.104. The van der Waals surface area contributed by atoms with E-state index in [-0.39, 0.29) is 11.6 Å². The molecule has 0 saturated heterocycles. The summed E-state index contributed by atoms with van der Waals surface area (Å²) in [7, 11) is 7.68. The molecule has 0 amide bonds. The Morgan fingerprint density at radius 1 is 1.11 bits per heavy atom. The number of rotatable bonds is 19. The monoisotopic (exact) mass is 651 g/mol. The first-order valence-electron chi connectivity index (χ1n) is 17.5. The number of aryl methyl sites for hydroxylation is 2. The second-order valence-electron chi connectivity index (χ2n) is 13.2. The molecule has 9 heteroatoms. The maximum absolute atomic E-state index is 14.7. The first-order chi connectivity index (χ1) is 22.8. The van der Waals surface area contributed by atoms with Gasteiger partial charge in [0.15, 0.2) is 0 Å². The minimum absolute atomic E-state index is 0.0128. The van der Waals surface area contributed by atoms with Crippen molar-refractivity contribution >= 4 is 12.0 Å². The van der Waals surface area contributed by atoms with E-state index in [1.807, 2.05) is 50.2 Å². The molecule has 2 heterocycles. The molecule has 1 aliphatic carbocycles. The number of aromatic nitrogens is 2. The summed E-state index contributed by atoms with van der Waals surface area (Å²) in [5, 5.41) is 7.76. The van der Waals surface area contributed by atoms with Crippen molar-refractivity contribution < 1.29 is 18.3 Å². The second kappa shape index (κ2) is 18.3. The number of hydrogen-bond donors (Lipinski definition) is 1. The molecule has 1 unspecified atom stereocenters. The number of halogens is 2. The van der Waals surface area contributed by atoms with E-state index >= 15 is 0 Å². The van der Waals surface area contributed by atoms with Gasteiger partial charge in [0.25, 0.3) is 6.43 Å². The van der Waals surface area contributed by atoms with E-state index in [0.29, 0.717) is 24.1 Å². The largest absolute Gasteiger partial charge is 0.501 e. The van der Waals surface area contributed by atoms with Crippen molar-refractivity contribution in [3.8, 4) is 11.1 Å². The summed E-state index contributed by atoms with van der Waals surface area (Å²) in [6, 6.07) is 3.60. The number of carbonyl (C=O) groups is 1. The van der Waals surface area contributed by atoms with Crippen LogP contribution in [0.25, 0.3) is 11.1 Å². The zero-order valence-corrected chi connectivity index (χ0v) is 29.2. The van der Waals surface area contributed by atoms with E-state index < -0.39 is 6.43 Å². The summed E-state index contributed by atoms with van der Waals surface area (Å²) in [6.45, 7) is 4.38. The molecule has 2 aromatic rings. The van der Waals surface area contributed by atoms with E-state index in [0.717, 1.165) is 78.9 Å². The van der Waals surface area contributed by atoms with Crippen molar-refractivity contribution in [2.45, 2.75) is 103 Å². The zero-order chi connectivity index (χ0) is 33.8. The van der Waals surface area contributed by atoms with Gasteiger partial charge in [-0.2, -0.15) is 5.10 Å². The molecule has 1 aromatic carbocycles. The van der Waals surface area contributed by atoms with Crippen molar-refractivity contribution in [1.29, 1.82) is 0 Å². The number of fused-ring (bicyclic) bond motifs is 1. The number of ether oxygens (including phenoxy) is 1. The number of nitrogens with one attached hydrogen (secondary N) is 1. The van der Waals surface area contributed by atoms with Crippen LogP contribution < -0.4 is 10.2 Å². The Balaban J connectivity index is 1.52. The highest BCUT2D eigenvalue weighted by Crippen LogP contribution is 2.42. The van der Waals surface area contributed by atoms with E-state index in [1.165, 1.54) is 44.9 Å². The molecule has 1 aliphatic heterocycles. The zero-order valence-electron chi connectivity index (χ0n) is 29.2. The van der Waals surface area contributed by atoms with Crippen LogP contribution >= 0.6 is 0 Å². The Morgan fingerprint density at radius 2 is 1.81 bits per heavy atom. The number of methoxy groups -OCH3 is 1. The second-order valence-corrected chi connectivity index (χ2v) is 13.2. The van der Waals surface area contributed by atoms with Gasteiger partial charge < -0.3 is 19.9 Å². The van der Waals surface area contributed by atoms with Crippen LogP contribution in [0.4, 0.5) is 14.5 Å². The summed E-state index contributed by atoms with van der Waals surface area (Å²) in [6.07, 6.45) is 19.3. The average molecular weight is 652 g/mol. The van der Waals surface area contributed by atoms with Crippen LogP contribution in [0.2, 0.25) is 0 Å². The molecule has 1 aromatic heterocycles. The van der Waals surface area contributed by atoms with Crippen LogP contribution in [0, 0.1) is 0 Å². The fraction of sp³-hybridized carbons (Fsp3) is 0.579. The van der Waals surface area contributed by atoms with Crippen molar-refractivity contribution in [3.05, 3.63) is 70.4 Å². The molecule has 7 nitrogen and oxygen atoms in total. The van der Waals surface area contributed by atoms with E-state index in [1.54, 1.807) is 26.3 Å². The van der Waals surface area contributed by atoms with Crippen molar-refractivity contribution in [1.82, 2.24) is 20.0 Å². The van der Waals surface area contributed by atoms with Gasteiger partial charge in [0, 0.05) is 54.3 Å². The smallest absolute Gasteiger partial charge is 0.264 e. The SMILES string of the molecule is CNCCCCCCCCCCCn1cc(-c2cc3c(cc2C(F)F)N(C2=C(/C=C(/C)C=O)C(N(C)C)CC(OC)=C2)CCC3)cn1. The summed E-state index contributed by atoms with van der Waals surface area (Å²) >= 11 is 0. The Labute approximate surface area is 280 Å². The number of alkyl halides is 2. The number of anilines is 1. The van der Waals surface area contributed by atoms with Crippen LogP contribution in [0.1, 0.15) is 95.1 Å². The molecule has 258 valence electrons. The highest BCUT2D eigenvalue weighted by atomic mass is 19.3. The Morgan fingerprint density at radius 3 is 2.45 bits per heavy atom.